The minimum absolute atomic E-state index is 0.0166. The molecule has 0 saturated heterocycles. The van der Waals surface area contributed by atoms with E-state index in [1.807, 2.05) is 0 Å². The molecule has 0 fully saturated rings. The number of amides is 1. The molecule has 0 bridgehead atoms. The van der Waals surface area contributed by atoms with Gasteiger partial charge in [-0.3, -0.25) is 9.35 Å². The van der Waals surface area contributed by atoms with Crippen LogP contribution >= 0.6 is 0 Å². The average molecular weight is 517 g/mol. The summed E-state index contributed by atoms with van der Waals surface area (Å²) in [5.41, 5.74) is 1.09. The number of anilines is 1. The summed E-state index contributed by atoms with van der Waals surface area (Å²) >= 11 is 0. The van der Waals surface area contributed by atoms with Crippen LogP contribution in [-0.4, -0.2) is 29.6 Å². The maximum atomic E-state index is 13.1. The topological polar surface area (TPSA) is 100 Å². The van der Waals surface area contributed by atoms with E-state index in [-0.39, 0.29) is 23.4 Å². The van der Waals surface area contributed by atoms with Crippen molar-refractivity contribution in [2.75, 3.05) is 11.1 Å². The number of alkyl halides is 3. The summed E-state index contributed by atoms with van der Waals surface area (Å²) in [6.07, 6.45) is -0.859. The number of aryl methyl sites for hydroxylation is 1. The van der Waals surface area contributed by atoms with Crippen molar-refractivity contribution in [3.8, 4) is 11.3 Å². The van der Waals surface area contributed by atoms with Gasteiger partial charge >= 0.3 is 6.18 Å². The lowest BCUT2D eigenvalue weighted by molar-refractivity contribution is -0.696. The van der Waals surface area contributed by atoms with E-state index in [1.54, 1.807) is 59.4 Å². The van der Waals surface area contributed by atoms with E-state index in [4.69, 9.17) is 4.55 Å². The summed E-state index contributed by atoms with van der Waals surface area (Å²) in [6, 6.07) is 16.4. The molecule has 0 atom stereocenters. The zero-order chi connectivity index (χ0) is 25.9. The first-order chi connectivity index (χ1) is 17.0. The third-order valence-electron chi connectivity index (χ3n) is 5.41. The van der Waals surface area contributed by atoms with Gasteiger partial charge in [0.05, 0.1) is 28.1 Å². The molecular weight excluding hydrogens is 495 g/mol. The van der Waals surface area contributed by atoms with Crippen molar-refractivity contribution in [3.05, 3.63) is 90.3 Å². The lowest BCUT2D eigenvalue weighted by Gasteiger charge is -2.12. The molecule has 7 nitrogen and oxygen atoms in total. The summed E-state index contributed by atoms with van der Waals surface area (Å²) < 4.78 is 71.6. The normalized spacial score (nSPS) is 12.0. The summed E-state index contributed by atoms with van der Waals surface area (Å²) in [5.74, 6) is -0.927. The van der Waals surface area contributed by atoms with Crippen LogP contribution in [0, 0.1) is 0 Å². The molecule has 0 aliphatic rings. The zero-order valence-electron chi connectivity index (χ0n) is 18.7. The smallest absolute Gasteiger partial charge is 0.322 e. The molecule has 2 heterocycles. The van der Waals surface area contributed by atoms with Crippen molar-refractivity contribution in [3.63, 3.8) is 0 Å². The van der Waals surface area contributed by atoms with Crippen LogP contribution in [0.1, 0.15) is 22.3 Å². The zero-order valence-corrected chi connectivity index (χ0v) is 19.6. The van der Waals surface area contributed by atoms with Crippen molar-refractivity contribution in [2.24, 2.45) is 0 Å². The number of hydrogen-bond donors (Lipinski definition) is 2. The predicted molar refractivity (Wildman–Crippen MR) is 128 cm³/mol. The average Bonchev–Trinajstić information content (AvgIpc) is 2.82. The second-order valence-electron chi connectivity index (χ2n) is 8.07. The van der Waals surface area contributed by atoms with Gasteiger partial charge in [-0.15, -0.1) is 0 Å². The van der Waals surface area contributed by atoms with Gasteiger partial charge in [0.15, 0.2) is 12.4 Å². The monoisotopic (exact) mass is 516 g/mol. The van der Waals surface area contributed by atoms with Crippen LogP contribution in [0.15, 0.2) is 79.1 Å². The summed E-state index contributed by atoms with van der Waals surface area (Å²) in [7, 11) is -4.03. The lowest BCUT2D eigenvalue weighted by atomic mass is 10.0. The number of carbonyl (C=O) groups is 1. The first-order valence-electron chi connectivity index (χ1n) is 10.8. The van der Waals surface area contributed by atoms with E-state index < -0.39 is 27.8 Å². The number of para-hydroxylation sites is 1. The lowest BCUT2D eigenvalue weighted by Crippen LogP contribution is -2.33. The number of hydrogen-bond acceptors (Lipinski definition) is 4. The Morgan fingerprint density at radius 3 is 2.42 bits per heavy atom. The highest BCUT2D eigenvalue weighted by molar-refractivity contribution is 7.85. The Morgan fingerprint density at radius 1 is 1.00 bits per heavy atom. The van der Waals surface area contributed by atoms with Gasteiger partial charge in [-0.1, -0.05) is 24.3 Å². The maximum Gasteiger partial charge on any atom is 0.416 e. The van der Waals surface area contributed by atoms with E-state index in [9.17, 15) is 26.4 Å². The number of carbonyl (C=O) groups excluding carboxylic acids is 1. The SMILES string of the molecule is O=C(Nc1cccc(C(F)(F)F)c1)c1cc(-c2cc[n+](CCCS(=O)(=O)O)cc2)nc2ccccc12. The molecule has 0 unspecified atom stereocenters. The quantitative estimate of drug-likeness (QED) is 0.273. The maximum absolute atomic E-state index is 13.1. The summed E-state index contributed by atoms with van der Waals surface area (Å²) in [4.78, 5) is 17.7. The highest BCUT2D eigenvalue weighted by atomic mass is 32.2. The molecule has 0 aliphatic heterocycles. The standard InChI is InChI=1S/C25H20F3N3O4S/c26-25(27,28)18-5-3-6-19(15-18)29-24(32)21-16-23(30-22-8-2-1-7-20(21)22)17-9-12-31(13-10-17)11-4-14-36(33,34)35/h1-3,5-10,12-13,15-16H,4,11,14H2,(H-,29,32,33,34,35)/p+1. The van der Waals surface area contributed by atoms with Crippen LogP contribution in [0.25, 0.3) is 22.2 Å². The minimum atomic E-state index is -4.53. The summed E-state index contributed by atoms with van der Waals surface area (Å²) in [5, 5.41) is 3.09. The van der Waals surface area contributed by atoms with Gasteiger partial charge in [0, 0.05) is 35.2 Å². The fourth-order valence-electron chi connectivity index (χ4n) is 3.69. The van der Waals surface area contributed by atoms with Gasteiger partial charge in [-0.05, 0) is 30.3 Å². The molecule has 2 aromatic heterocycles. The molecule has 36 heavy (non-hydrogen) atoms. The number of nitrogens with zero attached hydrogens (tertiary/aromatic N) is 2. The van der Waals surface area contributed by atoms with Gasteiger partial charge in [-0.25, -0.2) is 9.55 Å². The van der Waals surface area contributed by atoms with Crippen molar-refractivity contribution < 1.29 is 35.5 Å². The number of benzene rings is 2. The van der Waals surface area contributed by atoms with Crippen LogP contribution in [0.3, 0.4) is 0 Å². The van der Waals surface area contributed by atoms with Crippen LogP contribution < -0.4 is 9.88 Å². The van der Waals surface area contributed by atoms with Gasteiger partial charge in [0.25, 0.3) is 16.0 Å². The molecule has 2 aromatic carbocycles. The van der Waals surface area contributed by atoms with Gasteiger partial charge in [0.2, 0.25) is 0 Å². The predicted octanol–water partition coefficient (Wildman–Crippen LogP) is 4.74. The molecule has 1 amide bonds. The largest absolute Gasteiger partial charge is 0.416 e. The molecule has 4 rings (SSSR count). The Kier molecular flexibility index (Phi) is 7.04. The molecule has 2 N–H and O–H groups in total. The highest BCUT2D eigenvalue weighted by Crippen LogP contribution is 2.31. The van der Waals surface area contributed by atoms with E-state index in [0.29, 0.717) is 28.7 Å². The van der Waals surface area contributed by atoms with Crippen LogP contribution in [0.2, 0.25) is 0 Å². The van der Waals surface area contributed by atoms with Gasteiger partial charge in [-0.2, -0.15) is 21.6 Å². The number of aromatic nitrogens is 2. The number of pyridine rings is 2. The molecule has 11 heteroatoms. The second-order valence-corrected chi connectivity index (χ2v) is 9.64. The van der Waals surface area contributed by atoms with Crippen molar-refractivity contribution in [1.29, 1.82) is 0 Å². The molecule has 4 aromatic rings. The minimum Gasteiger partial charge on any atom is -0.322 e. The Morgan fingerprint density at radius 2 is 1.72 bits per heavy atom. The Balaban J connectivity index is 1.63. The molecule has 0 radical (unpaired) electrons. The fraction of sp³-hybridized carbons (Fsp3) is 0.160. The van der Waals surface area contributed by atoms with E-state index in [0.717, 1.165) is 12.1 Å². The Hall–Kier alpha value is -3.83. The first kappa shape index (κ1) is 25.3. The third-order valence-corrected chi connectivity index (χ3v) is 6.22. The van der Waals surface area contributed by atoms with Gasteiger partial charge in [0.1, 0.15) is 6.54 Å². The summed E-state index contributed by atoms with van der Waals surface area (Å²) in [6.45, 7) is 0.371. The molecule has 0 spiro atoms. The first-order valence-corrected chi connectivity index (χ1v) is 12.4. The van der Waals surface area contributed by atoms with E-state index >= 15 is 0 Å². The molecular formula is C25H21F3N3O4S+. The van der Waals surface area contributed by atoms with Crippen molar-refractivity contribution >= 4 is 32.6 Å². The molecule has 0 aliphatic carbocycles. The third kappa shape index (κ3) is 6.23. The Labute approximate surface area is 205 Å². The number of fused-ring (bicyclic) bond motifs is 1. The fourth-order valence-corrected chi connectivity index (χ4v) is 4.18. The van der Waals surface area contributed by atoms with E-state index in [2.05, 4.69) is 10.3 Å². The second kappa shape index (κ2) is 10.0. The number of rotatable bonds is 7. The van der Waals surface area contributed by atoms with Crippen LogP contribution in [0.5, 0.6) is 0 Å². The Bertz CT molecular complexity index is 1520. The van der Waals surface area contributed by atoms with Crippen LogP contribution in [0.4, 0.5) is 18.9 Å². The van der Waals surface area contributed by atoms with E-state index in [1.165, 1.54) is 12.1 Å². The van der Waals surface area contributed by atoms with Crippen molar-refractivity contribution in [2.45, 2.75) is 19.1 Å². The number of halogens is 3. The van der Waals surface area contributed by atoms with Crippen molar-refractivity contribution in [1.82, 2.24) is 4.98 Å². The molecule has 0 saturated carbocycles. The van der Waals surface area contributed by atoms with Crippen LogP contribution in [-0.2, 0) is 22.8 Å². The highest BCUT2D eigenvalue weighted by Gasteiger charge is 2.30. The number of nitrogens with one attached hydrogen (secondary N) is 1. The molecule has 186 valence electrons. The van der Waals surface area contributed by atoms with Gasteiger partial charge < -0.3 is 5.32 Å².